The van der Waals surface area contributed by atoms with Gasteiger partial charge in [0.15, 0.2) is 0 Å². The van der Waals surface area contributed by atoms with Gasteiger partial charge in [-0.25, -0.2) is 0 Å². The summed E-state index contributed by atoms with van der Waals surface area (Å²) in [5.74, 6) is 1.27. The normalized spacial score (nSPS) is 17.8. The van der Waals surface area contributed by atoms with Crippen LogP contribution in [0.25, 0.3) is 0 Å². The molecule has 1 aliphatic rings. The monoisotopic (exact) mass is 268 g/mol. The number of likely N-dealkylation sites (tertiary alicyclic amines) is 1. The number of hydrogen-bond donors (Lipinski definition) is 1. The van der Waals surface area contributed by atoms with Gasteiger partial charge < -0.3 is 15.4 Å². The molecule has 0 aromatic heterocycles. The van der Waals surface area contributed by atoms with E-state index in [2.05, 4.69) is 4.90 Å². The SMILES string of the molecule is COc1cc(N)ccc1S(=O)CCN1CCCC1. The number of nitrogens with zero attached hydrogens (tertiary/aromatic N) is 1. The predicted octanol–water partition coefficient (Wildman–Crippen LogP) is 1.48. The van der Waals surface area contributed by atoms with Crippen LogP contribution in [0.15, 0.2) is 23.1 Å². The molecule has 18 heavy (non-hydrogen) atoms. The fourth-order valence-electron chi connectivity index (χ4n) is 2.20. The molecule has 1 aromatic carbocycles. The zero-order valence-electron chi connectivity index (χ0n) is 10.7. The van der Waals surface area contributed by atoms with Crippen molar-refractivity contribution >= 4 is 16.5 Å². The van der Waals surface area contributed by atoms with Crippen LogP contribution >= 0.6 is 0 Å². The Kier molecular flexibility index (Phi) is 4.60. The molecule has 0 spiro atoms. The molecule has 1 aromatic rings. The molecule has 1 unspecified atom stereocenters. The molecule has 1 fully saturated rings. The number of ether oxygens (including phenoxy) is 1. The van der Waals surface area contributed by atoms with E-state index < -0.39 is 10.8 Å². The number of anilines is 1. The van der Waals surface area contributed by atoms with Crippen molar-refractivity contribution in [1.29, 1.82) is 0 Å². The Morgan fingerprint density at radius 1 is 1.39 bits per heavy atom. The van der Waals surface area contributed by atoms with Crippen molar-refractivity contribution in [2.75, 3.05) is 38.2 Å². The third kappa shape index (κ3) is 3.23. The van der Waals surface area contributed by atoms with Crippen molar-refractivity contribution in [2.24, 2.45) is 0 Å². The highest BCUT2D eigenvalue weighted by Gasteiger charge is 2.15. The second-order valence-corrected chi connectivity index (χ2v) is 6.05. The number of nitrogen functional groups attached to an aromatic ring is 1. The van der Waals surface area contributed by atoms with Gasteiger partial charge in [0.25, 0.3) is 0 Å². The van der Waals surface area contributed by atoms with Crippen LogP contribution in [-0.2, 0) is 10.8 Å². The minimum absolute atomic E-state index is 0.620. The molecule has 1 atom stereocenters. The highest BCUT2D eigenvalue weighted by Crippen LogP contribution is 2.25. The van der Waals surface area contributed by atoms with E-state index in [9.17, 15) is 4.21 Å². The summed E-state index contributed by atoms with van der Waals surface area (Å²) in [5.41, 5.74) is 6.32. The van der Waals surface area contributed by atoms with Crippen LogP contribution in [-0.4, -0.2) is 41.6 Å². The van der Waals surface area contributed by atoms with Gasteiger partial charge >= 0.3 is 0 Å². The molecule has 100 valence electrons. The molecule has 0 radical (unpaired) electrons. The molecule has 5 heteroatoms. The van der Waals surface area contributed by atoms with Gasteiger partial charge in [-0.1, -0.05) is 0 Å². The number of hydrogen-bond acceptors (Lipinski definition) is 4. The maximum atomic E-state index is 12.3. The molecule has 2 rings (SSSR count). The van der Waals surface area contributed by atoms with Crippen LogP contribution in [0, 0.1) is 0 Å². The van der Waals surface area contributed by atoms with Gasteiger partial charge in [0.1, 0.15) is 5.75 Å². The zero-order valence-corrected chi connectivity index (χ0v) is 11.5. The molecular formula is C13H20N2O2S. The third-order valence-electron chi connectivity index (χ3n) is 3.22. The minimum Gasteiger partial charge on any atom is -0.495 e. The second kappa shape index (κ2) is 6.20. The van der Waals surface area contributed by atoms with Gasteiger partial charge in [-0.05, 0) is 38.1 Å². The highest BCUT2D eigenvalue weighted by molar-refractivity contribution is 7.85. The van der Waals surface area contributed by atoms with E-state index in [1.165, 1.54) is 12.8 Å². The van der Waals surface area contributed by atoms with Gasteiger partial charge in [-0.3, -0.25) is 4.21 Å². The topological polar surface area (TPSA) is 55.6 Å². The largest absolute Gasteiger partial charge is 0.495 e. The van der Waals surface area contributed by atoms with Gasteiger partial charge in [0.2, 0.25) is 0 Å². The number of methoxy groups -OCH3 is 1. The standard InChI is InChI=1S/C13H20N2O2S/c1-17-12-10-11(14)4-5-13(12)18(16)9-8-15-6-2-3-7-15/h4-5,10H,2-3,6-9,14H2,1H3. The zero-order chi connectivity index (χ0) is 13.0. The van der Waals surface area contributed by atoms with E-state index in [1.54, 1.807) is 25.3 Å². The Hall–Kier alpha value is -1.07. The van der Waals surface area contributed by atoms with Crippen molar-refractivity contribution in [1.82, 2.24) is 4.90 Å². The van der Waals surface area contributed by atoms with Crippen LogP contribution in [0.2, 0.25) is 0 Å². The van der Waals surface area contributed by atoms with E-state index >= 15 is 0 Å². The molecular weight excluding hydrogens is 248 g/mol. The molecule has 1 saturated heterocycles. The first-order valence-corrected chi connectivity index (χ1v) is 7.57. The van der Waals surface area contributed by atoms with Crippen LogP contribution in [0.1, 0.15) is 12.8 Å². The van der Waals surface area contributed by atoms with E-state index in [1.807, 2.05) is 0 Å². The van der Waals surface area contributed by atoms with E-state index in [0.29, 0.717) is 17.2 Å². The van der Waals surface area contributed by atoms with Crippen LogP contribution in [0.3, 0.4) is 0 Å². The number of rotatable bonds is 5. The lowest BCUT2D eigenvalue weighted by Crippen LogP contribution is -2.24. The van der Waals surface area contributed by atoms with Crippen LogP contribution in [0.4, 0.5) is 5.69 Å². The maximum absolute atomic E-state index is 12.3. The average molecular weight is 268 g/mol. The summed E-state index contributed by atoms with van der Waals surface area (Å²) in [6.45, 7) is 3.16. The molecule has 1 heterocycles. The summed E-state index contributed by atoms with van der Waals surface area (Å²) < 4.78 is 17.5. The third-order valence-corrected chi connectivity index (χ3v) is 4.61. The molecule has 0 amide bonds. The summed E-state index contributed by atoms with van der Waals surface area (Å²) in [7, 11) is 0.558. The molecule has 1 aliphatic heterocycles. The molecule has 2 N–H and O–H groups in total. The van der Waals surface area contributed by atoms with Crippen molar-refractivity contribution < 1.29 is 8.95 Å². The highest BCUT2D eigenvalue weighted by atomic mass is 32.2. The second-order valence-electron chi connectivity index (χ2n) is 4.51. The van der Waals surface area contributed by atoms with Crippen molar-refractivity contribution in [2.45, 2.75) is 17.7 Å². The summed E-state index contributed by atoms with van der Waals surface area (Å²) >= 11 is 0. The summed E-state index contributed by atoms with van der Waals surface area (Å²) in [6.07, 6.45) is 2.52. The Labute approximate surface area is 111 Å². The van der Waals surface area contributed by atoms with E-state index in [-0.39, 0.29) is 0 Å². The summed E-state index contributed by atoms with van der Waals surface area (Å²) in [4.78, 5) is 3.10. The van der Waals surface area contributed by atoms with Crippen molar-refractivity contribution in [3.8, 4) is 5.75 Å². The van der Waals surface area contributed by atoms with Gasteiger partial charge in [-0.15, -0.1) is 0 Å². The Morgan fingerprint density at radius 2 is 2.11 bits per heavy atom. The molecule has 4 nitrogen and oxygen atoms in total. The average Bonchev–Trinajstić information content (AvgIpc) is 2.88. The van der Waals surface area contributed by atoms with Gasteiger partial charge in [0, 0.05) is 24.1 Å². The van der Waals surface area contributed by atoms with Gasteiger partial charge in [-0.2, -0.15) is 0 Å². The molecule has 0 bridgehead atoms. The van der Waals surface area contributed by atoms with Crippen LogP contribution in [0.5, 0.6) is 5.75 Å². The van der Waals surface area contributed by atoms with Crippen molar-refractivity contribution in [3.63, 3.8) is 0 Å². The quantitative estimate of drug-likeness (QED) is 0.822. The lowest BCUT2D eigenvalue weighted by Gasteiger charge is -2.14. The summed E-state index contributed by atoms with van der Waals surface area (Å²) in [5, 5.41) is 0. The number of nitrogens with two attached hydrogens (primary N) is 1. The van der Waals surface area contributed by atoms with Crippen LogP contribution < -0.4 is 10.5 Å². The van der Waals surface area contributed by atoms with Gasteiger partial charge in [0.05, 0.1) is 22.8 Å². The lowest BCUT2D eigenvalue weighted by atomic mass is 10.3. The number of benzene rings is 1. The lowest BCUT2D eigenvalue weighted by molar-refractivity contribution is 0.360. The maximum Gasteiger partial charge on any atom is 0.137 e. The molecule has 0 saturated carbocycles. The minimum atomic E-state index is -1.02. The first-order valence-electron chi connectivity index (χ1n) is 6.25. The first-order chi connectivity index (χ1) is 8.70. The fourth-order valence-corrected chi connectivity index (χ4v) is 3.43. The predicted molar refractivity (Wildman–Crippen MR) is 74.4 cm³/mol. The smallest absolute Gasteiger partial charge is 0.137 e. The Balaban J connectivity index is 1.99. The van der Waals surface area contributed by atoms with E-state index in [4.69, 9.17) is 10.5 Å². The van der Waals surface area contributed by atoms with Crippen molar-refractivity contribution in [3.05, 3.63) is 18.2 Å². The summed E-state index contributed by atoms with van der Waals surface area (Å²) in [6, 6.07) is 5.29. The Bertz CT molecular complexity index is 431. The molecule has 0 aliphatic carbocycles. The Morgan fingerprint density at radius 3 is 2.78 bits per heavy atom. The first kappa shape index (κ1) is 13.4. The fraction of sp³-hybridized carbons (Fsp3) is 0.538. The van der Waals surface area contributed by atoms with E-state index in [0.717, 1.165) is 24.5 Å².